The Morgan fingerprint density at radius 1 is 1.06 bits per heavy atom. The molecule has 1 aromatic carbocycles. The fraction of sp³-hybridized carbons (Fsp3) is 0.280. The van der Waals surface area contributed by atoms with Gasteiger partial charge in [0.25, 0.3) is 5.78 Å². The van der Waals surface area contributed by atoms with Crippen molar-refractivity contribution in [3.05, 3.63) is 77.1 Å². The molecule has 1 aliphatic heterocycles. The Bertz CT molecular complexity index is 1130. The number of carbonyl (C=O) groups is 2. The van der Waals surface area contributed by atoms with Crippen molar-refractivity contribution in [3.63, 3.8) is 0 Å². The molecule has 0 radical (unpaired) electrons. The van der Waals surface area contributed by atoms with Crippen molar-refractivity contribution < 1.29 is 19.4 Å². The van der Waals surface area contributed by atoms with Gasteiger partial charge in [-0.25, -0.2) is 4.98 Å². The Hall–Kier alpha value is -3.52. The first-order chi connectivity index (χ1) is 16.1. The van der Waals surface area contributed by atoms with Gasteiger partial charge in [0.1, 0.15) is 11.5 Å². The molecule has 33 heavy (non-hydrogen) atoms. The van der Waals surface area contributed by atoms with Crippen molar-refractivity contribution in [2.24, 2.45) is 0 Å². The third-order valence-corrected chi connectivity index (χ3v) is 6.26. The van der Waals surface area contributed by atoms with Crippen molar-refractivity contribution in [2.75, 3.05) is 11.5 Å². The second kappa shape index (κ2) is 10.4. The number of aliphatic hydroxyl groups is 1. The Balaban J connectivity index is 1.68. The molecule has 0 saturated carbocycles. The zero-order valence-corrected chi connectivity index (χ0v) is 19.1. The van der Waals surface area contributed by atoms with Gasteiger partial charge in [0.15, 0.2) is 5.13 Å². The molecule has 7 nitrogen and oxygen atoms in total. The lowest BCUT2D eigenvalue weighted by Gasteiger charge is -2.23. The van der Waals surface area contributed by atoms with Gasteiger partial charge < -0.3 is 9.84 Å². The van der Waals surface area contributed by atoms with Gasteiger partial charge in [-0.05, 0) is 36.2 Å². The quantitative estimate of drug-likeness (QED) is 0.205. The molecule has 1 amide bonds. The summed E-state index contributed by atoms with van der Waals surface area (Å²) in [5.41, 5.74) is 1.12. The maximum absolute atomic E-state index is 13.0. The van der Waals surface area contributed by atoms with E-state index in [0.29, 0.717) is 22.9 Å². The highest BCUT2D eigenvalue weighted by molar-refractivity contribution is 7.14. The number of unbranched alkanes of at least 4 members (excludes halogenated alkanes) is 3. The van der Waals surface area contributed by atoms with E-state index in [0.717, 1.165) is 18.6 Å². The summed E-state index contributed by atoms with van der Waals surface area (Å²) in [5, 5.41) is 13.1. The van der Waals surface area contributed by atoms with Crippen LogP contribution in [-0.4, -0.2) is 33.4 Å². The van der Waals surface area contributed by atoms with E-state index in [4.69, 9.17) is 4.74 Å². The number of amides is 1. The number of thiazole rings is 1. The number of nitrogens with zero attached hydrogens (tertiary/aromatic N) is 3. The van der Waals surface area contributed by atoms with E-state index in [9.17, 15) is 14.7 Å². The predicted octanol–water partition coefficient (Wildman–Crippen LogP) is 5.12. The van der Waals surface area contributed by atoms with Crippen LogP contribution < -0.4 is 9.64 Å². The topological polar surface area (TPSA) is 92.6 Å². The van der Waals surface area contributed by atoms with Gasteiger partial charge in [0, 0.05) is 29.5 Å². The largest absolute Gasteiger partial charge is 0.507 e. The molecular weight excluding hydrogens is 438 g/mol. The molecule has 0 bridgehead atoms. The molecule has 170 valence electrons. The normalized spacial score (nSPS) is 17.5. The summed E-state index contributed by atoms with van der Waals surface area (Å²) in [4.78, 5) is 35.6. The second-order valence-electron chi connectivity index (χ2n) is 7.70. The molecule has 0 aliphatic carbocycles. The fourth-order valence-corrected chi connectivity index (χ4v) is 4.48. The maximum Gasteiger partial charge on any atom is 0.301 e. The summed E-state index contributed by atoms with van der Waals surface area (Å²) >= 11 is 1.26. The number of benzene rings is 1. The molecule has 1 N–H and O–H groups in total. The van der Waals surface area contributed by atoms with Crippen molar-refractivity contribution >= 4 is 33.9 Å². The summed E-state index contributed by atoms with van der Waals surface area (Å²) in [6.07, 6.45) is 9.10. The summed E-state index contributed by atoms with van der Waals surface area (Å²) in [6.45, 7) is 2.81. The van der Waals surface area contributed by atoms with Gasteiger partial charge in [-0.15, -0.1) is 11.3 Å². The molecular formula is C25H25N3O4S. The Morgan fingerprint density at radius 3 is 2.48 bits per heavy atom. The van der Waals surface area contributed by atoms with Crippen molar-refractivity contribution in [3.8, 4) is 5.75 Å². The Kier molecular flexibility index (Phi) is 7.14. The van der Waals surface area contributed by atoms with Crippen LogP contribution in [0.2, 0.25) is 0 Å². The van der Waals surface area contributed by atoms with E-state index < -0.39 is 17.7 Å². The Morgan fingerprint density at radius 2 is 1.82 bits per heavy atom. The highest BCUT2D eigenvalue weighted by atomic mass is 32.1. The zero-order valence-electron chi connectivity index (χ0n) is 18.3. The van der Waals surface area contributed by atoms with Crippen LogP contribution in [0.25, 0.3) is 5.76 Å². The number of rotatable bonds is 9. The third-order valence-electron chi connectivity index (χ3n) is 5.49. The van der Waals surface area contributed by atoms with Crippen LogP contribution in [0.15, 0.2) is 65.9 Å². The number of aliphatic hydroxyl groups excluding tert-OH is 1. The third kappa shape index (κ3) is 4.80. The monoisotopic (exact) mass is 463 g/mol. The number of hydrogen-bond donors (Lipinski definition) is 1. The van der Waals surface area contributed by atoms with Gasteiger partial charge in [-0.2, -0.15) is 0 Å². The lowest BCUT2D eigenvalue weighted by molar-refractivity contribution is -0.132. The number of aromatic nitrogens is 2. The molecule has 2 aromatic heterocycles. The smallest absolute Gasteiger partial charge is 0.301 e. The van der Waals surface area contributed by atoms with E-state index in [2.05, 4.69) is 16.9 Å². The minimum atomic E-state index is -0.803. The average Bonchev–Trinajstić information content (AvgIpc) is 3.46. The van der Waals surface area contributed by atoms with Gasteiger partial charge in [-0.1, -0.05) is 38.3 Å². The highest BCUT2D eigenvalue weighted by Gasteiger charge is 2.47. The van der Waals surface area contributed by atoms with Gasteiger partial charge >= 0.3 is 5.91 Å². The van der Waals surface area contributed by atoms with E-state index in [1.165, 1.54) is 41.5 Å². The van der Waals surface area contributed by atoms with Crippen LogP contribution in [0.3, 0.4) is 0 Å². The summed E-state index contributed by atoms with van der Waals surface area (Å²) in [7, 11) is 0. The molecule has 1 unspecified atom stereocenters. The molecule has 4 rings (SSSR count). The summed E-state index contributed by atoms with van der Waals surface area (Å²) < 4.78 is 5.83. The first kappa shape index (κ1) is 22.7. The number of anilines is 1. The highest BCUT2D eigenvalue weighted by Crippen LogP contribution is 2.42. The van der Waals surface area contributed by atoms with Crippen LogP contribution in [0, 0.1) is 0 Å². The number of ether oxygens (including phenoxy) is 1. The molecule has 1 fully saturated rings. The number of pyridine rings is 1. The lowest BCUT2D eigenvalue weighted by Crippen LogP contribution is -2.29. The van der Waals surface area contributed by atoms with Crippen LogP contribution in [0.5, 0.6) is 5.75 Å². The number of hydrogen-bond acceptors (Lipinski definition) is 7. The molecule has 8 heteroatoms. The maximum atomic E-state index is 13.0. The van der Waals surface area contributed by atoms with Crippen LogP contribution >= 0.6 is 11.3 Å². The minimum absolute atomic E-state index is 0.0228. The predicted molar refractivity (Wildman–Crippen MR) is 127 cm³/mol. The molecule has 0 spiro atoms. The van der Waals surface area contributed by atoms with Crippen molar-refractivity contribution in [2.45, 2.75) is 38.6 Å². The number of Topliss-reactive ketones (excluding diaryl/α,β-unsaturated/α-hetero) is 1. The van der Waals surface area contributed by atoms with Crippen molar-refractivity contribution in [1.82, 2.24) is 9.97 Å². The Labute approximate surface area is 196 Å². The van der Waals surface area contributed by atoms with E-state index in [-0.39, 0.29) is 11.3 Å². The average molecular weight is 464 g/mol. The van der Waals surface area contributed by atoms with Crippen LogP contribution in [0.4, 0.5) is 5.13 Å². The second-order valence-corrected chi connectivity index (χ2v) is 8.57. The first-order valence-corrected chi connectivity index (χ1v) is 11.8. The fourth-order valence-electron chi connectivity index (χ4n) is 3.81. The lowest BCUT2D eigenvalue weighted by atomic mass is 9.95. The van der Waals surface area contributed by atoms with Crippen LogP contribution in [-0.2, 0) is 9.59 Å². The molecule has 1 aliphatic rings. The number of ketones is 1. The number of carbonyl (C=O) groups excluding carboxylic acids is 2. The zero-order chi connectivity index (χ0) is 23.2. The van der Waals surface area contributed by atoms with E-state index in [1.54, 1.807) is 23.7 Å². The summed E-state index contributed by atoms with van der Waals surface area (Å²) in [6, 6.07) is 9.67. The van der Waals surface area contributed by atoms with Gasteiger partial charge in [0.2, 0.25) is 0 Å². The summed E-state index contributed by atoms with van der Waals surface area (Å²) in [5.74, 6) is -0.991. The van der Waals surface area contributed by atoms with Crippen molar-refractivity contribution in [1.29, 1.82) is 0 Å². The van der Waals surface area contributed by atoms with Gasteiger partial charge in [0.05, 0.1) is 18.2 Å². The van der Waals surface area contributed by atoms with E-state index in [1.807, 2.05) is 24.3 Å². The van der Waals surface area contributed by atoms with Gasteiger partial charge in [-0.3, -0.25) is 19.5 Å². The minimum Gasteiger partial charge on any atom is -0.507 e. The SMILES string of the molecule is CCCCCCOc1ccc(C2C(=C(O)c3ccncc3)C(=O)C(=O)N2c2nccs2)cc1. The van der Waals surface area contributed by atoms with E-state index >= 15 is 0 Å². The molecule has 3 aromatic rings. The molecule has 1 saturated heterocycles. The first-order valence-electron chi connectivity index (χ1n) is 11.0. The molecule has 3 heterocycles. The standard InChI is InChI=1S/C25H25N3O4S/c1-2-3-4-5-15-32-19-8-6-17(7-9-19)21-20(22(29)18-10-12-26-13-11-18)23(30)24(31)28(21)25-27-14-16-33-25/h6-14,16,21,29H,2-5,15H2,1H3. The molecule has 1 atom stereocenters. The van der Waals surface area contributed by atoms with Crippen LogP contribution in [0.1, 0.15) is 49.8 Å².